The Kier molecular flexibility index (Phi) is 4.64. The Hall–Kier alpha value is -2.56. The van der Waals surface area contributed by atoms with Crippen molar-refractivity contribution in [1.29, 1.82) is 0 Å². The lowest BCUT2D eigenvalue weighted by Crippen LogP contribution is -2.25. The highest BCUT2D eigenvalue weighted by atomic mass is 35.5. The third-order valence-electron chi connectivity index (χ3n) is 4.97. The van der Waals surface area contributed by atoms with Gasteiger partial charge in [0.05, 0.1) is 10.7 Å². The van der Waals surface area contributed by atoms with Gasteiger partial charge in [0.2, 0.25) is 0 Å². The summed E-state index contributed by atoms with van der Waals surface area (Å²) in [6.07, 6.45) is -6.30. The minimum atomic E-state index is -4.91. The summed E-state index contributed by atoms with van der Waals surface area (Å²) in [4.78, 5) is 15.8. The molecule has 0 radical (unpaired) electrons. The first-order chi connectivity index (χ1) is 13.9. The highest BCUT2D eigenvalue weighted by molar-refractivity contribution is 6.31. The highest BCUT2D eigenvalue weighted by Crippen LogP contribution is 2.44. The number of aryl methyl sites for hydroxylation is 1. The second-order valence-corrected chi connectivity index (χ2v) is 7.51. The number of hydrogen-bond acceptors (Lipinski definition) is 3. The molecule has 0 aromatic carbocycles. The molecule has 1 aliphatic carbocycles. The summed E-state index contributed by atoms with van der Waals surface area (Å²) in [5.74, 6) is -2.38. The van der Waals surface area contributed by atoms with Gasteiger partial charge in [0.1, 0.15) is 5.92 Å². The van der Waals surface area contributed by atoms with Crippen LogP contribution in [0.4, 0.5) is 26.3 Å². The van der Waals surface area contributed by atoms with E-state index in [1.807, 2.05) is 0 Å². The van der Waals surface area contributed by atoms with Crippen LogP contribution < -0.4 is 5.56 Å². The summed E-state index contributed by atoms with van der Waals surface area (Å²) in [7, 11) is 1.24. The molecule has 3 aromatic rings. The van der Waals surface area contributed by atoms with Gasteiger partial charge >= 0.3 is 12.4 Å². The molecule has 1 aliphatic rings. The third-order valence-corrected chi connectivity index (χ3v) is 5.26. The molecule has 30 heavy (non-hydrogen) atoms. The fourth-order valence-electron chi connectivity index (χ4n) is 3.52. The number of fused-ring (bicyclic) bond motifs is 1. The topological polar surface area (TPSA) is 52.7 Å². The van der Waals surface area contributed by atoms with Gasteiger partial charge in [-0.2, -0.15) is 31.4 Å². The molecule has 0 bridgehead atoms. The molecule has 5 nitrogen and oxygen atoms in total. The Balaban J connectivity index is 1.92. The van der Waals surface area contributed by atoms with Gasteiger partial charge in [0, 0.05) is 30.9 Å². The van der Waals surface area contributed by atoms with Crippen LogP contribution in [0.15, 0.2) is 29.3 Å². The van der Waals surface area contributed by atoms with Gasteiger partial charge in [-0.3, -0.25) is 14.5 Å². The molecule has 3 heterocycles. The number of aromatic nitrogens is 4. The van der Waals surface area contributed by atoms with Crippen LogP contribution in [0.25, 0.3) is 10.9 Å². The number of alkyl halides is 6. The van der Waals surface area contributed by atoms with E-state index in [2.05, 4.69) is 10.1 Å². The zero-order chi connectivity index (χ0) is 22.0. The van der Waals surface area contributed by atoms with E-state index in [-0.39, 0.29) is 22.6 Å². The molecule has 4 rings (SSSR count). The van der Waals surface area contributed by atoms with Crippen molar-refractivity contribution in [3.8, 4) is 0 Å². The van der Waals surface area contributed by atoms with Gasteiger partial charge < -0.3 is 4.57 Å². The molecule has 12 heteroatoms. The van der Waals surface area contributed by atoms with Gasteiger partial charge in [-0.05, 0) is 30.5 Å². The van der Waals surface area contributed by atoms with E-state index >= 15 is 0 Å². The standard InChI is InChI=1S/C18H13ClF6N4O/c1-28-14(10-4-5-29(9-2-3-9)16(30)13(10)27-28)12(17(20,21)22)8-6-11(19)15(26-7-8)18(23,24)25/h4-7,9,12H,2-3H2,1H3. The van der Waals surface area contributed by atoms with E-state index in [9.17, 15) is 31.1 Å². The predicted octanol–water partition coefficient (Wildman–Crippen LogP) is 4.83. The first-order valence-corrected chi connectivity index (χ1v) is 9.14. The van der Waals surface area contributed by atoms with Crippen LogP contribution >= 0.6 is 11.6 Å². The van der Waals surface area contributed by atoms with Crippen LogP contribution in [0.5, 0.6) is 0 Å². The van der Waals surface area contributed by atoms with E-state index in [0.29, 0.717) is 12.3 Å². The minimum Gasteiger partial charge on any atom is -0.311 e. The Bertz CT molecular complexity index is 1190. The maximum atomic E-state index is 14.0. The molecule has 0 N–H and O–H groups in total. The van der Waals surface area contributed by atoms with Crippen molar-refractivity contribution in [2.45, 2.75) is 37.2 Å². The zero-order valence-electron chi connectivity index (χ0n) is 15.2. The van der Waals surface area contributed by atoms with E-state index in [0.717, 1.165) is 17.5 Å². The predicted molar refractivity (Wildman–Crippen MR) is 95.4 cm³/mol. The van der Waals surface area contributed by atoms with Crippen molar-refractivity contribution in [1.82, 2.24) is 19.3 Å². The summed E-state index contributed by atoms with van der Waals surface area (Å²) < 4.78 is 83.2. The van der Waals surface area contributed by atoms with E-state index in [4.69, 9.17) is 11.6 Å². The number of pyridine rings is 2. The van der Waals surface area contributed by atoms with Crippen LogP contribution in [-0.4, -0.2) is 25.5 Å². The molecule has 1 saturated carbocycles. The van der Waals surface area contributed by atoms with Crippen LogP contribution in [0, 0.1) is 0 Å². The van der Waals surface area contributed by atoms with Gasteiger partial charge in [0.25, 0.3) is 5.56 Å². The quantitative estimate of drug-likeness (QED) is 0.537. The second kappa shape index (κ2) is 6.73. The maximum absolute atomic E-state index is 14.0. The van der Waals surface area contributed by atoms with E-state index in [1.165, 1.54) is 23.9 Å². The molecule has 160 valence electrons. The van der Waals surface area contributed by atoms with Gasteiger partial charge in [0.15, 0.2) is 11.2 Å². The lowest BCUT2D eigenvalue weighted by atomic mass is 9.94. The molecule has 3 aromatic heterocycles. The molecule has 1 atom stereocenters. The summed E-state index contributed by atoms with van der Waals surface area (Å²) in [5, 5.41) is 3.00. The number of hydrogen-bond donors (Lipinski definition) is 0. The summed E-state index contributed by atoms with van der Waals surface area (Å²) in [6.45, 7) is 0. The van der Waals surface area contributed by atoms with E-state index in [1.54, 1.807) is 0 Å². The molecule has 1 unspecified atom stereocenters. The smallest absolute Gasteiger partial charge is 0.311 e. The molecule has 0 amide bonds. The Labute approximate surface area is 169 Å². The van der Waals surface area contributed by atoms with Crippen LogP contribution in [0.2, 0.25) is 5.02 Å². The molecular formula is C18H13ClF6N4O. The van der Waals surface area contributed by atoms with Crippen LogP contribution in [-0.2, 0) is 13.2 Å². The monoisotopic (exact) mass is 450 g/mol. The van der Waals surface area contributed by atoms with Crippen molar-refractivity contribution in [2.75, 3.05) is 0 Å². The van der Waals surface area contributed by atoms with Gasteiger partial charge in [-0.25, -0.2) is 0 Å². The molecule has 1 fully saturated rings. The zero-order valence-corrected chi connectivity index (χ0v) is 16.0. The lowest BCUT2D eigenvalue weighted by molar-refractivity contribution is -0.142. The summed E-state index contributed by atoms with van der Waals surface area (Å²) in [5.41, 5.74) is -3.09. The van der Waals surface area contributed by atoms with Crippen molar-refractivity contribution in [3.05, 3.63) is 56.9 Å². The Morgan fingerprint density at radius 2 is 1.87 bits per heavy atom. The summed E-state index contributed by atoms with van der Waals surface area (Å²) in [6, 6.07) is 1.97. The minimum absolute atomic E-state index is 0.00342. The largest absolute Gasteiger partial charge is 0.434 e. The Morgan fingerprint density at radius 1 is 1.20 bits per heavy atom. The van der Waals surface area contributed by atoms with Gasteiger partial charge in [-0.1, -0.05) is 11.6 Å². The van der Waals surface area contributed by atoms with Crippen LogP contribution in [0.1, 0.15) is 41.8 Å². The average molecular weight is 451 g/mol. The Morgan fingerprint density at radius 3 is 2.40 bits per heavy atom. The van der Waals surface area contributed by atoms with Crippen LogP contribution in [0.3, 0.4) is 0 Å². The first kappa shape index (κ1) is 20.7. The van der Waals surface area contributed by atoms with Gasteiger partial charge in [-0.15, -0.1) is 0 Å². The number of rotatable bonds is 3. The highest BCUT2D eigenvalue weighted by Gasteiger charge is 2.46. The van der Waals surface area contributed by atoms with E-state index < -0.39 is 40.1 Å². The molecular weight excluding hydrogens is 438 g/mol. The number of nitrogens with zero attached hydrogens (tertiary/aromatic N) is 4. The van der Waals surface area contributed by atoms with Crippen molar-refractivity contribution >= 4 is 22.5 Å². The normalized spacial score (nSPS) is 16.3. The fraction of sp³-hybridized carbons (Fsp3) is 0.389. The SMILES string of the molecule is Cn1nc2c(=O)n(C3CC3)ccc2c1C(c1cnc(C(F)(F)F)c(Cl)c1)C(F)(F)F. The van der Waals surface area contributed by atoms with Crippen molar-refractivity contribution < 1.29 is 26.3 Å². The van der Waals surface area contributed by atoms with Crippen molar-refractivity contribution in [3.63, 3.8) is 0 Å². The van der Waals surface area contributed by atoms with Crippen molar-refractivity contribution in [2.24, 2.45) is 7.05 Å². The molecule has 0 aliphatic heterocycles. The fourth-order valence-corrected chi connectivity index (χ4v) is 3.81. The third kappa shape index (κ3) is 3.44. The molecule has 0 spiro atoms. The second-order valence-electron chi connectivity index (χ2n) is 7.10. The summed E-state index contributed by atoms with van der Waals surface area (Å²) >= 11 is 5.59. The first-order valence-electron chi connectivity index (χ1n) is 8.76. The maximum Gasteiger partial charge on any atom is 0.434 e. The molecule has 0 saturated heterocycles. The lowest BCUT2D eigenvalue weighted by Gasteiger charge is -2.22. The number of halogens is 7. The average Bonchev–Trinajstić information content (AvgIpc) is 3.39.